The smallest absolute Gasteiger partial charge is 0.237 e. The second-order valence-electron chi connectivity index (χ2n) is 3.08. The molecule has 2 heterocycles. The Morgan fingerprint density at radius 1 is 1.77 bits per heavy atom. The summed E-state index contributed by atoms with van der Waals surface area (Å²) < 4.78 is 0. The first-order valence-electron chi connectivity index (χ1n) is 4.27. The summed E-state index contributed by atoms with van der Waals surface area (Å²) in [5, 5.41) is 5.75. The minimum absolute atomic E-state index is 0.0219. The summed E-state index contributed by atoms with van der Waals surface area (Å²) in [7, 11) is 1.64. The van der Waals surface area contributed by atoms with Crippen LogP contribution in [0.15, 0.2) is 6.33 Å². The number of amides is 1. The van der Waals surface area contributed by atoms with Crippen LogP contribution in [0.2, 0.25) is 0 Å². The Kier molecular flexibility index (Phi) is 2.02. The number of nitrogens with one attached hydrogen (secondary N) is 3. The van der Waals surface area contributed by atoms with E-state index in [2.05, 4.69) is 20.6 Å². The van der Waals surface area contributed by atoms with Gasteiger partial charge in [0, 0.05) is 20.0 Å². The highest BCUT2D eigenvalue weighted by atomic mass is 16.2. The predicted molar refractivity (Wildman–Crippen MR) is 47.0 cm³/mol. The number of nitrogens with zero attached hydrogens (tertiary/aromatic N) is 1. The van der Waals surface area contributed by atoms with Gasteiger partial charge in [-0.3, -0.25) is 10.1 Å². The lowest BCUT2D eigenvalue weighted by Gasteiger charge is -2.21. The van der Waals surface area contributed by atoms with E-state index < -0.39 is 0 Å². The van der Waals surface area contributed by atoms with E-state index in [0.29, 0.717) is 13.0 Å². The fourth-order valence-corrected chi connectivity index (χ4v) is 1.53. The van der Waals surface area contributed by atoms with Crippen LogP contribution in [-0.4, -0.2) is 29.0 Å². The van der Waals surface area contributed by atoms with Gasteiger partial charge in [0.2, 0.25) is 5.91 Å². The van der Waals surface area contributed by atoms with Crippen molar-refractivity contribution < 1.29 is 4.79 Å². The summed E-state index contributed by atoms with van der Waals surface area (Å²) in [6, 6.07) is -0.138. The molecular formula is C8H12N4O. The standard InChI is InChI=1S/C8H12N4O/c1-9-8(13)6-2-5-7(3-10-6)12-4-11-5/h4,6,10H,2-3H2,1H3,(H,9,13)(H,11,12). The van der Waals surface area contributed by atoms with E-state index in [1.807, 2.05) is 0 Å². The molecule has 0 spiro atoms. The molecule has 0 aliphatic carbocycles. The summed E-state index contributed by atoms with van der Waals surface area (Å²) in [5.41, 5.74) is 2.08. The molecule has 1 unspecified atom stereocenters. The fraction of sp³-hybridized carbons (Fsp3) is 0.500. The molecule has 5 nitrogen and oxygen atoms in total. The molecular weight excluding hydrogens is 168 g/mol. The van der Waals surface area contributed by atoms with Crippen LogP contribution in [0, 0.1) is 0 Å². The third-order valence-electron chi connectivity index (χ3n) is 2.29. The van der Waals surface area contributed by atoms with E-state index in [1.165, 1.54) is 0 Å². The minimum Gasteiger partial charge on any atom is -0.358 e. The van der Waals surface area contributed by atoms with Crippen molar-refractivity contribution in [1.29, 1.82) is 0 Å². The topological polar surface area (TPSA) is 69.8 Å². The number of carbonyl (C=O) groups is 1. The number of carbonyl (C=O) groups excluding carboxylic acids is 1. The summed E-state index contributed by atoms with van der Waals surface area (Å²) in [5.74, 6) is 0.0219. The normalized spacial score (nSPS) is 20.8. The van der Waals surface area contributed by atoms with Crippen LogP contribution >= 0.6 is 0 Å². The maximum Gasteiger partial charge on any atom is 0.237 e. The SMILES string of the molecule is CNC(=O)C1Cc2nc[nH]c2CN1. The molecule has 3 N–H and O–H groups in total. The molecule has 0 bridgehead atoms. The van der Waals surface area contributed by atoms with Gasteiger partial charge in [-0.05, 0) is 0 Å². The van der Waals surface area contributed by atoms with Crippen LogP contribution in [-0.2, 0) is 17.8 Å². The average molecular weight is 180 g/mol. The van der Waals surface area contributed by atoms with Crippen molar-refractivity contribution in [1.82, 2.24) is 20.6 Å². The van der Waals surface area contributed by atoms with E-state index >= 15 is 0 Å². The first-order chi connectivity index (χ1) is 6.31. The summed E-state index contributed by atoms with van der Waals surface area (Å²) >= 11 is 0. The molecule has 1 aliphatic heterocycles. The Labute approximate surface area is 75.9 Å². The Hall–Kier alpha value is -1.36. The number of rotatable bonds is 1. The molecule has 13 heavy (non-hydrogen) atoms. The molecule has 0 aromatic carbocycles. The Morgan fingerprint density at radius 2 is 2.62 bits per heavy atom. The third-order valence-corrected chi connectivity index (χ3v) is 2.29. The lowest BCUT2D eigenvalue weighted by atomic mass is 10.1. The van der Waals surface area contributed by atoms with E-state index in [1.54, 1.807) is 13.4 Å². The van der Waals surface area contributed by atoms with Gasteiger partial charge >= 0.3 is 0 Å². The lowest BCUT2D eigenvalue weighted by molar-refractivity contribution is -0.122. The highest BCUT2D eigenvalue weighted by Gasteiger charge is 2.24. The van der Waals surface area contributed by atoms with Gasteiger partial charge in [-0.15, -0.1) is 0 Å². The second-order valence-corrected chi connectivity index (χ2v) is 3.08. The van der Waals surface area contributed by atoms with Gasteiger partial charge in [-0.25, -0.2) is 4.98 Å². The number of aromatic amines is 1. The predicted octanol–water partition coefficient (Wildman–Crippen LogP) is -0.830. The fourth-order valence-electron chi connectivity index (χ4n) is 1.53. The van der Waals surface area contributed by atoms with Crippen LogP contribution in [0.4, 0.5) is 0 Å². The molecule has 1 amide bonds. The van der Waals surface area contributed by atoms with Gasteiger partial charge in [0.05, 0.1) is 23.8 Å². The quantitative estimate of drug-likeness (QED) is 0.528. The Balaban J connectivity index is 2.13. The number of hydrogen-bond acceptors (Lipinski definition) is 3. The van der Waals surface area contributed by atoms with Crippen molar-refractivity contribution in [3.05, 3.63) is 17.7 Å². The van der Waals surface area contributed by atoms with E-state index in [0.717, 1.165) is 11.4 Å². The molecule has 5 heteroatoms. The zero-order valence-corrected chi connectivity index (χ0v) is 7.42. The van der Waals surface area contributed by atoms with E-state index in [4.69, 9.17) is 0 Å². The molecule has 1 aromatic rings. The van der Waals surface area contributed by atoms with Crippen LogP contribution in [0.25, 0.3) is 0 Å². The number of likely N-dealkylation sites (N-methyl/N-ethyl adjacent to an activating group) is 1. The van der Waals surface area contributed by atoms with E-state index in [9.17, 15) is 4.79 Å². The summed E-state index contributed by atoms with van der Waals surface area (Å²) in [6.45, 7) is 0.688. The van der Waals surface area contributed by atoms with Gasteiger partial charge in [-0.1, -0.05) is 0 Å². The number of fused-ring (bicyclic) bond motifs is 1. The van der Waals surface area contributed by atoms with Gasteiger partial charge in [-0.2, -0.15) is 0 Å². The average Bonchev–Trinajstić information content (AvgIpc) is 2.63. The molecule has 1 atom stereocenters. The van der Waals surface area contributed by atoms with Crippen molar-refractivity contribution in [2.75, 3.05) is 7.05 Å². The monoisotopic (exact) mass is 180 g/mol. The molecule has 0 radical (unpaired) electrons. The molecule has 2 rings (SSSR count). The van der Waals surface area contributed by atoms with Crippen molar-refractivity contribution in [2.45, 2.75) is 19.0 Å². The summed E-state index contributed by atoms with van der Waals surface area (Å²) in [4.78, 5) is 18.5. The van der Waals surface area contributed by atoms with Crippen molar-refractivity contribution >= 4 is 5.91 Å². The van der Waals surface area contributed by atoms with Crippen molar-refractivity contribution in [2.24, 2.45) is 0 Å². The number of hydrogen-bond donors (Lipinski definition) is 3. The summed E-state index contributed by atoms with van der Waals surface area (Å²) in [6.07, 6.45) is 2.33. The maximum atomic E-state index is 11.3. The zero-order chi connectivity index (χ0) is 9.26. The minimum atomic E-state index is -0.138. The van der Waals surface area contributed by atoms with Gasteiger partial charge in [0.1, 0.15) is 0 Å². The number of H-pyrrole nitrogens is 1. The van der Waals surface area contributed by atoms with Gasteiger partial charge in [0.15, 0.2) is 0 Å². The van der Waals surface area contributed by atoms with Crippen LogP contribution in [0.1, 0.15) is 11.4 Å². The van der Waals surface area contributed by atoms with Crippen LogP contribution in [0.5, 0.6) is 0 Å². The van der Waals surface area contributed by atoms with Gasteiger partial charge < -0.3 is 10.3 Å². The van der Waals surface area contributed by atoms with Crippen LogP contribution < -0.4 is 10.6 Å². The maximum absolute atomic E-state index is 11.3. The molecule has 0 saturated carbocycles. The molecule has 1 aliphatic rings. The van der Waals surface area contributed by atoms with Crippen molar-refractivity contribution in [3.8, 4) is 0 Å². The highest BCUT2D eigenvalue weighted by molar-refractivity contribution is 5.81. The Morgan fingerprint density at radius 3 is 3.38 bits per heavy atom. The number of aromatic nitrogens is 2. The van der Waals surface area contributed by atoms with Gasteiger partial charge in [0.25, 0.3) is 0 Å². The molecule has 0 saturated heterocycles. The Bertz CT molecular complexity index is 320. The molecule has 70 valence electrons. The molecule has 0 fully saturated rings. The zero-order valence-electron chi connectivity index (χ0n) is 7.42. The van der Waals surface area contributed by atoms with Crippen molar-refractivity contribution in [3.63, 3.8) is 0 Å². The second kappa shape index (κ2) is 3.18. The lowest BCUT2D eigenvalue weighted by Crippen LogP contribution is -2.46. The highest BCUT2D eigenvalue weighted by Crippen LogP contribution is 2.11. The first-order valence-corrected chi connectivity index (χ1v) is 4.27. The number of imidazole rings is 1. The molecule has 1 aromatic heterocycles. The largest absolute Gasteiger partial charge is 0.358 e. The third kappa shape index (κ3) is 1.42. The first kappa shape index (κ1) is 8.25. The van der Waals surface area contributed by atoms with E-state index in [-0.39, 0.29) is 11.9 Å². The van der Waals surface area contributed by atoms with Crippen LogP contribution in [0.3, 0.4) is 0 Å².